The molecule has 0 saturated carbocycles. The number of pyridine rings is 2. The Morgan fingerprint density at radius 3 is 2.84 bits per heavy atom. The van der Waals surface area contributed by atoms with Gasteiger partial charge >= 0.3 is 6.03 Å². The lowest BCUT2D eigenvalue weighted by atomic mass is 9.95. The van der Waals surface area contributed by atoms with E-state index < -0.39 is 17.7 Å². The SMILES string of the molecule is O=C(Nc1cc(Cl)c(-c2cncc(F)c2)cc1F)N1[C@H]2CC[C@@H]1c1c[nH]c(=O)cc1C2. The van der Waals surface area contributed by atoms with Crippen LogP contribution in [0, 0.1) is 11.6 Å². The maximum absolute atomic E-state index is 14.8. The van der Waals surface area contributed by atoms with Gasteiger partial charge < -0.3 is 15.2 Å². The third kappa shape index (κ3) is 3.46. The Morgan fingerprint density at radius 1 is 1.19 bits per heavy atom. The Hall–Kier alpha value is -3.26. The second kappa shape index (κ2) is 7.46. The average molecular weight is 443 g/mol. The smallest absolute Gasteiger partial charge is 0.322 e. The Kier molecular flexibility index (Phi) is 4.74. The normalized spacial score (nSPS) is 19.3. The van der Waals surface area contributed by atoms with Crippen LogP contribution in [0.3, 0.4) is 0 Å². The number of amides is 2. The van der Waals surface area contributed by atoms with Crippen molar-refractivity contribution < 1.29 is 13.6 Å². The number of urea groups is 1. The van der Waals surface area contributed by atoms with Crippen LogP contribution in [-0.4, -0.2) is 26.9 Å². The van der Waals surface area contributed by atoms with Gasteiger partial charge in [0.25, 0.3) is 0 Å². The largest absolute Gasteiger partial charge is 0.329 e. The summed E-state index contributed by atoms with van der Waals surface area (Å²) < 4.78 is 28.3. The van der Waals surface area contributed by atoms with Gasteiger partial charge in [-0.15, -0.1) is 0 Å². The van der Waals surface area contributed by atoms with Crippen LogP contribution in [0.5, 0.6) is 0 Å². The second-order valence-electron chi connectivity index (χ2n) is 7.77. The number of fused-ring (bicyclic) bond motifs is 4. The summed E-state index contributed by atoms with van der Waals surface area (Å²) in [5.41, 5.74) is 2.25. The van der Waals surface area contributed by atoms with Crippen molar-refractivity contribution in [2.24, 2.45) is 0 Å². The molecule has 2 aliphatic rings. The molecular formula is C22H17ClF2N4O2. The zero-order valence-corrected chi connectivity index (χ0v) is 16.9. The molecule has 1 fully saturated rings. The molecule has 3 aromatic rings. The van der Waals surface area contributed by atoms with Gasteiger partial charge in [-0.3, -0.25) is 9.78 Å². The van der Waals surface area contributed by atoms with Gasteiger partial charge in [0.05, 0.1) is 22.9 Å². The van der Waals surface area contributed by atoms with Gasteiger partial charge in [-0.2, -0.15) is 0 Å². The number of carbonyl (C=O) groups excluding carboxylic acids is 1. The summed E-state index contributed by atoms with van der Waals surface area (Å²) in [4.78, 5) is 32.8. The molecule has 0 aliphatic carbocycles. The summed E-state index contributed by atoms with van der Waals surface area (Å²) in [7, 11) is 0. The van der Waals surface area contributed by atoms with Crippen LogP contribution in [0.2, 0.25) is 5.02 Å². The van der Waals surface area contributed by atoms with Gasteiger partial charge in [-0.1, -0.05) is 11.6 Å². The molecule has 0 spiro atoms. The maximum Gasteiger partial charge on any atom is 0.322 e. The van der Waals surface area contributed by atoms with E-state index in [1.807, 2.05) is 0 Å². The van der Waals surface area contributed by atoms with Crippen LogP contribution in [-0.2, 0) is 6.42 Å². The zero-order chi connectivity index (χ0) is 21.7. The van der Waals surface area contributed by atoms with Crippen LogP contribution >= 0.6 is 11.6 Å². The van der Waals surface area contributed by atoms with E-state index in [0.717, 1.165) is 36.2 Å². The van der Waals surface area contributed by atoms with Gasteiger partial charge in [-0.05, 0) is 48.6 Å². The molecule has 1 saturated heterocycles. The molecule has 6 nitrogen and oxygen atoms in total. The van der Waals surface area contributed by atoms with Gasteiger partial charge in [0.15, 0.2) is 0 Å². The molecule has 2 aliphatic heterocycles. The predicted octanol–water partition coefficient (Wildman–Crippen LogP) is 4.66. The van der Waals surface area contributed by atoms with E-state index in [0.29, 0.717) is 12.0 Å². The number of aromatic nitrogens is 2. The zero-order valence-electron chi connectivity index (χ0n) is 16.2. The molecule has 9 heteroatoms. The van der Waals surface area contributed by atoms with Crippen LogP contribution in [0.4, 0.5) is 19.3 Å². The molecule has 4 heterocycles. The molecule has 31 heavy (non-hydrogen) atoms. The van der Waals surface area contributed by atoms with Crippen molar-refractivity contribution in [1.29, 1.82) is 0 Å². The van der Waals surface area contributed by atoms with Crippen molar-refractivity contribution >= 4 is 23.3 Å². The molecule has 0 unspecified atom stereocenters. The minimum Gasteiger partial charge on any atom is -0.329 e. The Bertz CT molecular complexity index is 1260. The summed E-state index contributed by atoms with van der Waals surface area (Å²) >= 11 is 6.29. The minimum atomic E-state index is -0.689. The number of nitrogens with one attached hydrogen (secondary N) is 2. The standard InChI is InChI=1S/C22H17ClF2N4O2/c23-17-7-19(18(25)6-15(17)12-3-13(24)9-26-8-12)28-22(31)29-14-1-2-20(29)16-10-27-21(30)5-11(16)4-14/h3,5-10,14,20H,1-2,4H2,(H,27,30)(H,28,31)/t14-,20+/m0/s1. The minimum absolute atomic E-state index is 0.0597. The number of hydrogen-bond donors (Lipinski definition) is 2. The monoisotopic (exact) mass is 442 g/mol. The van der Waals surface area contributed by atoms with Crippen LogP contribution in [0.1, 0.15) is 30.0 Å². The quantitative estimate of drug-likeness (QED) is 0.605. The predicted molar refractivity (Wildman–Crippen MR) is 112 cm³/mol. The van der Waals surface area contributed by atoms with E-state index in [-0.39, 0.29) is 33.9 Å². The molecule has 2 amide bonds. The van der Waals surface area contributed by atoms with Gasteiger partial charge in [0.1, 0.15) is 11.6 Å². The Labute approximate surface area is 180 Å². The molecule has 158 valence electrons. The number of benzene rings is 1. The van der Waals surface area contributed by atoms with E-state index in [4.69, 9.17) is 11.6 Å². The fourth-order valence-corrected chi connectivity index (χ4v) is 4.84. The molecule has 0 radical (unpaired) electrons. The summed E-state index contributed by atoms with van der Waals surface area (Å²) in [6, 6.07) is 4.58. The highest BCUT2D eigenvalue weighted by Crippen LogP contribution is 2.43. The Balaban J connectivity index is 1.42. The number of rotatable bonds is 2. The highest BCUT2D eigenvalue weighted by Gasteiger charge is 2.42. The van der Waals surface area contributed by atoms with Crippen LogP contribution in [0.25, 0.3) is 11.1 Å². The molecule has 2 bridgehead atoms. The molecule has 5 rings (SSSR count). The van der Waals surface area contributed by atoms with E-state index in [9.17, 15) is 18.4 Å². The lowest BCUT2D eigenvalue weighted by Gasteiger charge is -2.36. The number of H-pyrrole nitrogens is 1. The van der Waals surface area contributed by atoms with E-state index in [1.54, 1.807) is 17.2 Å². The molecule has 2 aromatic heterocycles. The fourth-order valence-electron chi connectivity index (χ4n) is 4.56. The average Bonchev–Trinajstić information content (AvgIpc) is 3.05. The molecule has 2 atom stereocenters. The number of hydrogen-bond acceptors (Lipinski definition) is 3. The number of carbonyl (C=O) groups is 1. The molecule has 2 N–H and O–H groups in total. The van der Waals surface area contributed by atoms with Crippen molar-refractivity contribution in [3.05, 3.63) is 81.0 Å². The first-order valence-electron chi connectivity index (χ1n) is 9.81. The van der Waals surface area contributed by atoms with E-state index in [2.05, 4.69) is 15.3 Å². The highest BCUT2D eigenvalue weighted by atomic mass is 35.5. The number of aromatic amines is 1. The summed E-state index contributed by atoms with van der Waals surface area (Å²) in [6.45, 7) is 0. The van der Waals surface area contributed by atoms with E-state index in [1.165, 1.54) is 18.3 Å². The lowest BCUT2D eigenvalue weighted by molar-refractivity contribution is 0.179. The first kappa shape index (κ1) is 19.7. The summed E-state index contributed by atoms with van der Waals surface area (Å²) in [6.07, 6.45) is 6.24. The lowest BCUT2D eigenvalue weighted by Crippen LogP contribution is -2.44. The first-order valence-corrected chi connectivity index (χ1v) is 10.2. The molecular weight excluding hydrogens is 426 g/mol. The van der Waals surface area contributed by atoms with E-state index >= 15 is 0 Å². The van der Waals surface area contributed by atoms with Crippen molar-refractivity contribution in [1.82, 2.24) is 14.9 Å². The maximum atomic E-state index is 14.8. The second-order valence-corrected chi connectivity index (χ2v) is 8.18. The summed E-state index contributed by atoms with van der Waals surface area (Å²) in [5, 5.41) is 2.78. The fraction of sp³-hybridized carbons (Fsp3) is 0.227. The van der Waals surface area contributed by atoms with Gasteiger partial charge in [0, 0.05) is 35.6 Å². The highest BCUT2D eigenvalue weighted by molar-refractivity contribution is 6.33. The van der Waals surface area contributed by atoms with Crippen LogP contribution < -0.4 is 10.9 Å². The summed E-state index contributed by atoms with van der Waals surface area (Å²) in [5.74, 6) is -1.25. The van der Waals surface area contributed by atoms with Crippen LogP contribution in [0.15, 0.2) is 47.7 Å². The van der Waals surface area contributed by atoms with Crippen molar-refractivity contribution in [2.45, 2.75) is 31.3 Å². The first-order chi connectivity index (χ1) is 14.9. The van der Waals surface area contributed by atoms with Crippen molar-refractivity contribution in [2.75, 3.05) is 5.32 Å². The van der Waals surface area contributed by atoms with Gasteiger partial charge in [0.2, 0.25) is 5.56 Å². The number of anilines is 1. The van der Waals surface area contributed by atoms with Gasteiger partial charge in [-0.25, -0.2) is 13.6 Å². The third-order valence-corrected chi connectivity index (χ3v) is 6.22. The molecule has 1 aromatic carbocycles. The number of nitrogens with zero attached hydrogens (tertiary/aromatic N) is 2. The van der Waals surface area contributed by atoms with Crippen molar-refractivity contribution in [3.8, 4) is 11.1 Å². The van der Waals surface area contributed by atoms with Crippen molar-refractivity contribution in [3.63, 3.8) is 0 Å². The third-order valence-electron chi connectivity index (χ3n) is 5.91. The number of halogens is 3. The Morgan fingerprint density at radius 2 is 2.03 bits per heavy atom. The topological polar surface area (TPSA) is 78.1 Å².